The summed E-state index contributed by atoms with van der Waals surface area (Å²) in [5.41, 5.74) is 3.66. The molecule has 26 heavy (non-hydrogen) atoms. The van der Waals surface area contributed by atoms with Crippen LogP contribution in [0.2, 0.25) is 0 Å². The molecule has 0 saturated heterocycles. The van der Waals surface area contributed by atoms with Gasteiger partial charge in [0.15, 0.2) is 0 Å². The quantitative estimate of drug-likeness (QED) is 0.406. The van der Waals surface area contributed by atoms with Gasteiger partial charge in [-0.15, -0.1) is 0 Å². The first-order valence-corrected chi connectivity index (χ1v) is 8.18. The van der Waals surface area contributed by atoms with Crippen LogP contribution >= 0.6 is 0 Å². The van der Waals surface area contributed by atoms with Gasteiger partial charge in [0.1, 0.15) is 17.2 Å². The van der Waals surface area contributed by atoms with Crippen molar-refractivity contribution in [2.75, 3.05) is 12.4 Å². The number of carbonyl (C=O) groups excluding carboxylic acids is 1. The predicted octanol–water partition coefficient (Wildman–Crippen LogP) is 2.63. The van der Waals surface area contributed by atoms with E-state index >= 15 is 0 Å². The number of amides is 1. The molecule has 0 unspecified atom stereocenters. The summed E-state index contributed by atoms with van der Waals surface area (Å²) >= 11 is 0. The monoisotopic (exact) mass is 348 g/mol. The predicted molar refractivity (Wildman–Crippen MR) is 102 cm³/mol. The van der Waals surface area contributed by atoms with E-state index in [-0.39, 0.29) is 5.91 Å². The summed E-state index contributed by atoms with van der Waals surface area (Å²) in [4.78, 5) is 23.9. The van der Waals surface area contributed by atoms with E-state index in [0.717, 1.165) is 28.6 Å². The molecule has 4 N–H and O–H groups in total. The highest BCUT2D eigenvalue weighted by molar-refractivity contribution is 6.07. The molecule has 3 rings (SSSR count). The van der Waals surface area contributed by atoms with E-state index in [1.54, 1.807) is 32.4 Å². The second kappa shape index (κ2) is 7.60. The first kappa shape index (κ1) is 17.3. The maximum Gasteiger partial charge on any atom is 0.272 e. The van der Waals surface area contributed by atoms with E-state index < -0.39 is 0 Å². The third-order valence-corrected chi connectivity index (χ3v) is 3.87. The Balaban J connectivity index is 1.70. The number of aromatic amines is 1. The average Bonchev–Trinajstić information content (AvgIpc) is 3.04. The minimum Gasteiger partial charge on any atom is -0.384 e. The molecule has 0 radical (unpaired) electrons. The number of nitrogens with zero attached hydrogens (tertiary/aromatic N) is 2. The van der Waals surface area contributed by atoms with E-state index in [9.17, 15) is 4.79 Å². The van der Waals surface area contributed by atoms with Gasteiger partial charge >= 0.3 is 0 Å². The van der Waals surface area contributed by atoms with Crippen molar-refractivity contribution < 1.29 is 4.79 Å². The Bertz CT molecular complexity index is 971. The minimum atomic E-state index is -0.331. The van der Waals surface area contributed by atoms with E-state index in [1.165, 1.54) is 6.08 Å². The second-order valence-corrected chi connectivity index (χ2v) is 5.89. The van der Waals surface area contributed by atoms with Gasteiger partial charge < -0.3 is 21.0 Å². The lowest BCUT2D eigenvalue weighted by Crippen LogP contribution is -2.24. The van der Waals surface area contributed by atoms with Gasteiger partial charge in [-0.1, -0.05) is 6.07 Å². The summed E-state index contributed by atoms with van der Waals surface area (Å²) in [7, 11) is 1.64. The average molecular weight is 348 g/mol. The Kier molecular flexibility index (Phi) is 5.07. The number of allylic oxidation sites excluding steroid dienone is 1. The second-order valence-electron chi connectivity index (χ2n) is 5.89. The van der Waals surface area contributed by atoms with Crippen LogP contribution in [0.1, 0.15) is 18.1 Å². The molecule has 3 aromatic rings. The van der Waals surface area contributed by atoms with Crippen LogP contribution in [0, 0.1) is 5.41 Å². The Labute approximate surface area is 151 Å². The number of hydrogen-bond acceptors (Lipinski definition) is 5. The molecule has 7 heteroatoms. The maximum absolute atomic E-state index is 12.2. The van der Waals surface area contributed by atoms with E-state index in [4.69, 9.17) is 5.41 Å². The van der Waals surface area contributed by atoms with Crippen LogP contribution in [-0.4, -0.2) is 33.6 Å². The summed E-state index contributed by atoms with van der Waals surface area (Å²) < 4.78 is 0. The lowest BCUT2D eigenvalue weighted by Gasteiger charge is -2.08. The SMILES string of the molecule is CN/C(=C\C(C)=N)C(=O)Nc1ccc(Cc2c[nH]c3ncccc23)cn1. The van der Waals surface area contributed by atoms with Crippen LogP contribution in [0.25, 0.3) is 11.0 Å². The molecule has 1 amide bonds. The van der Waals surface area contributed by atoms with Crippen LogP contribution in [0.3, 0.4) is 0 Å². The van der Waals surface area contributed by atoms with Gasteiger partial charge in [-0.3, -0.25) is 4.79 Å². The lowest BCUT2D eigenvalue weighted by molar-refractivity contribution is -0.113. The van der Waals surface area contributed by atoms with E-state index in [0.29, 0.717) is 17.2 Å². The van der Waals surface area contributed by atoms with Crippen LogP contribution in [0.5, 0.6) is 0 Å². The topological polar surface area (TPSA) is 107 Å². The fourth-order valence-electron chi connectivity index (χ4n) is 2.63. The molecule has 0 aliphatic carbocycles. The summed E-state index contributed by atoms with van der Waals surface area (Å²) in [5.74, 6) is 0.130. The highest BCUT2D eigenvalue weighted by atomic mass is 16.2. The van der Waals surface area contributed by atoms with E-state index in [2.05, 4.69) is 25.6 Å². The fraction of sp³-hybridized carbons (Fsp3) is 0.158. The van der Waals surface area contributed by atoms with Crippen molar-refractivity contribution in [3.05, 3.63) is 65.8 Å². The van der Waals surface area contributed by atoms with Crippen molar-refractivity contribution in [1.29, 1.82) is 5.41 Å². The Morgan fingerprint density at radius 1 is 1.31 bits per heavy atom. The van der Waals surface area contributed by atoms with Crippen molar-refractivity contribution >= 4 is 28.5 Å². The first-order chi connectivity index (χ1) is 12.6. The molecule has 3 aromatic heterocycles. The fourth-order valence-corrected chi connectivity index (χ4v) is 2.63. The van der Waals surface area contributed by atoms with Gasteiger partial charge in [0.05, 0.1) is 0 Å². The highest BCUT2D eigenvalue weighted by Gasteiger charge is 2.10. The van der Waals surface area contributed by atoms with Gasteiger partial charge in [-0.05, 0) is 42.3 Å². The lowest BCUT2D eigenvalue weighted by atomic mass is 10.1. The number of nitrogens with one attached hydrogen (secondary N) is 4. The molecule has 0 bridgehead atoms. The molecule has 132 valence electrons. The third-order valence-electron chi connectivity index (χ3n) is 3.87. The molecule has 0 spiro atoms. The largest absolute Gasteiger partial charge is 0.384 e. The molecule has 3 heterocycles. The normalized spacial score (nSPS) is 11.4. The number of likely N-dealkylation sites (N-methyl/N-ethyl adjacent to an activating group) is 1. The summed E-state index contributed by atoms with van der Waals surface area (Å²) in [6, 6.07) is 7.65. The first-order valence-electron chi connectivity index (χ1n) is 8.18. The number of aromatic nitrogens is 3. The zero-order valence-electron chi connectivity index (χ0n) is 14.6. The third kappa shape index (κ3) is 3.94. The molecular weight excluding hydrogens is 328 g/mol. The zero-order chi connectivity index (χ0) is 18.5. The van der Waals surface area contributed by atoms with Gasteiger partial charge in [0.2, 0.25) is 0 Å². The number of pyridine rings is 2. The molecule has 7 nitrogen and oxygen atoms in total. The van der Waals surface area contributed by atoms with Crippen LogP contribution in [0.15, 0.2) is 54.6 Å². The number of H-pyrrole nitrogens is 1. The van der Waals surface area contributed by atoms with Crippen molar-refractivity contribution in [2.45, 2.75) is 13.3 Å². The molecule has 0 atom stereocenters. The Hall–Kier alpha value is -3.48. The van der Waals surface area contributed by atoms with Crippen LogP contribution in [-0.2, 0) is 11.2 Å². The standard InChI is InChI=1S/C19H20N6O/c1-12(20)8-16(21-2)19(26)25-17-6-5-13(10-23-17)9-14-11-24-18-15(14)4-3-7-22-18/h3-8,10-11,20-21H,9H2,1-2H3,(H,22,24)(H,23,25,26)/b16-8-,20-12?. The number of anilines is 1. The van der Waals surface area contributed by atoms with Gasteiger partial charge in [0, 0.05) is 43.2 Å². The van der Waals surface area contributed by atoms with Crippen molar-refractivity contribution in [3.63, 3.8) is 0 Å². The van der Waals surface area contributed by atoms with Crippen molar-refractivity contribution in [2.24, 2.45) is 0 Å². The van der Waals surface area contributed by atoms with E-state index in [1.807, 2.05) is 24.4 Å². The molecule has 0 saturated carbocycles. The van der Waals surface area contributed by atoms with Crippen LogP contribution < -0.4 is 10.6 Å². The van der Waals surface area contributed by atoms with Crippen LogP contribution in [0.4, 0.5) is 5.82 Å². The molecule has 0 aromatic carbocycles. The van der Waals surface area contributed by atoms with Gasteiger partial charge in [-0.2, -0.15) is 0 Å². The van der Waals surface area contributed by atoms with Gasteiger partial charge in [-0.25, -0.2) is 9.97 Å². The Morgan fingerprint density at radius 2 is 2.15 bits per heavy atom. The number of hydrogen-bond donors (Lipinski definition) is 4. The van der Waals surface area contributed by atoms with Gasteiger partial charge in [0.25, 0.3) is 5.91 Å². The number of rotatable bonds is 6. The summed E-state index contributed by atoms with van der Waals surface area (Å²) in [6.07, 6.45) is 7.65. The molecule has 0 aliphatic rings. The number of fused-ring (bicyclic) bond motifs is 1. The Morgan fingerprint density at radius 3 is 2.85 bits per heavy atom. The molecule has 0 fully saturated rings. The summed E-state index contributed by atoms with van der Waals surface area (Å²) in [6.45, 7) is 1.61. The number of carbonyl (C=O) groups is 1. The minimum absolute atomic E-state index is 0.293. The molecular formula is C19H20N6O. The highest BCUT2D eigenvalue weighted by Crippen LogP contribution is 2.19. The maximum atomic E-state index is 12.2. The smallest absolute Gasteiger partial charge is 0.272 e. The van der Waals surface area contributed by atoms with Crippen molar-refractivity contribution in [1.82, 2.24) is 20.3 Å². The van der Waals surface area contributed by atoms with Crippen molar-refractivity contribution in [3.8, 4) is 0 Å². The summed E-state index contributed by atoms with van der Waals surface area (Å²) in [5, 5.41) is 14.1. The zero-order valence-corrected chi connectivity index (χ0v) is 14.6. The molecule has 0 aliphatic heterocycles.